The molecule has 0 unspecified atom stereocenters. The number of esters is 1. The van der Waals surface area contributed by atoms with Gasteiger partial charge in [0.05, 0.1) is 7.11 Å². The summed E-state index contributed by atoms with van der Waals surface area (Å²) in [6, 6.07) is 14.9. The van der Waals surface area contributed by atoms with Gasteiger partial charge in [-0.25, -0.2) is 4.79 Å². The van der Waals surface area contributed by atoms with Gasteiger partial charge in [-0.15, -0.1) is 0 Å². The molecular formula is C23H29NO5. The van der Waals surface area contributed by atoms with Gasteiger partial charge in [-0.2, -0.15) is 0 Å². The molecule has 0 saturated carbocycles. The van der Waals surface area contributed by atoms with Crippen LogP contribution in [0, 0.1) is 0 Å². The fourth-order valence-corrected chi connectivity index (χ4v) is 2.55. The van der Waals surface area contributed by atoms with Crippen LogP contribution in [0.4, 0.5) is 0 Å². The number of methoxy groups -OCH3 is 1. The minimum absolute atomic E-state index is 0.0477. The highest BCUT2D eigenvalue weighted by Gasteiger charge is 2.18. The summed E-state index contributed by atoms with van der Waals surface area (Å²) in [6.07, 6.45) is -0.910. The molecule has 1 atom stereocenters. The van der Waals surface area contributed by atoms with Crippen LogP contribution in [0.5, 0.6) is 11.5 Å². The van der Waals surface area contributed by atoms with Gasteiger partial charge in [0.1, 0.15) is 11.5 Å². The molecule has 0 spiro atoms. The fourth-order valence-electron chi connectivity index (χ4n) is 2.55. The van der Waals surface area contributed by atoms with Gasteiger partial charge in [-0.1, -0.05) is 45.0 Å². The number of hydrogen-bond donors (Lipinski definition) is 1. The monoisotopic (exact) mass is 399 g/mol. The van der Waals surface area contributed by atoms with E-state index in [0.29, 0.717) is 12.3 Å². The predicted molar refractivity (Wildman–Crippen MR) is 111 cm³/mol. The fraction of sp³-hybridized carbons (Fsp3) is 0.391. The molecule has 1 N–H and O–H groups in total. The molecule has 0 aliphatic heterocycles. The van der Waals surface area contributed by atoms with E-state index in [1.54, 1.807) is 7.11 Å². The third-order valence-electron chi connectivity index (χ3n) is 4.38. The maximum Gasteiger partial charge on any atom is 0.344 e. The summed E-state index contributed by atoms with van der Waals surface area (Å²) >= 11 is 0. The van der Waals surface area contributed by atoms with Crippen LogP contribution in [-0.2, 0) is 26.3 Å². The first-order chi connectivity index (χ1) is 13.7. The van der Waals surface area contributed by atoms with Gasteiger partial charge in [-0.05, 0) is 47.7 Å². The molecule has 156 valence electrons. The van der Waals surface area contributed by atoms with Crippen LogP contribution in [-0.4, -0.2) is 31.7 Å². The van der Waals surface area contributed by atoms with Crippen molar-refractivity contribution in [2.24, 2.45) is 0 Å². The van der Waals surface area contributed by atoms with Gasteiger partial charge in [0.15, 0.2) is 12.7 Å². The molecule has 0 fully saturated rings. The Morgan fingerprint density at radius 2 is 1.55 bits per heavy atom. The highest BCUT2D eigenvalue weighted by atomic mass is 16.6. The molecule has 2 aromatic carbocycles. The molecule has 0 aromatic heterocycles. The lowest BCUT2D eigenvalue weighted by Crippen LogP contribution is -2.36. The largest absolute Gasteiger partial charge is 0.497 e. The van der Waals surface area contributed by atoms with E-state index in [1.165, 1.54) is 12.5 Å². The molecule has 0 saturated heterocycles. The topological polar surface area (TPSA) is 73.9 Å². The molecule has 0 aliphatic rings. The van der Waals surface area contributed by atoms with E-state index in [0.717, 1.165) is 11.3 Å². The second kappa shape index (κ2) is 9.96. The first-order valence-corrected chi connectivity index (χ1v) is 9.52. The van der Waals surface area contributed by atoms with E-state index >= 15 is 0 Å². The minimum Gasteiger partial charge on any atom is -0.497 e. The summed E-state index contributed by atoms with van der Waals surface area (Å²) in [5.41, 5.74) is 2.14. The van der Waals surface area contributed by atoms with Crippen LogP contribution in [0.25, 0.3) is 0 Å². The average Bonchev–Trinajstić information content (AvgIpc) is 2.70. The molecule has 0 aliphatic carbocycles. The zero-order valence-electron chi connectivity index (χ0n) is 17.7. The Balaban J connectivity index is 1.75. The first-order valence-electron chi connectivity index (χ1n) is 9.52. The number of rotatable bonds is 8. The normalized spacial score (nSPS) is 12.0. The zero-order chi connectivity index (χ0) is 21.4. The quantitative estimate of drug-likeness (QED) is 0.687. The summed E-state index contributed by atoms with van der Waals surface area (Å²) in [5, 5.41) is 2.74. The minimum atomic E-state index is -0.910. The lowest BCUT2D eigenvalue weighted by atomic mass is 9.87. The summed E-state index contributed by atoms with van der Waals surface area (Å²) in [7, 11) is 1.59. The number of carbonyl (C=O) groups is 2. The van der Waals surface area contributed by atoms with Crippen LogP contribution in [0.15, 0.2) is 48.5 Å². The molecule has 0 heterocycles. The van der Waals surface area contributed by atoms with Crippen LogP contribution in [0.3, 0.4) is 0 Å². The molecule has 1 amide bonds. The van der Waals surface area contributed by atoms with Gasteiger partial charge in [0.25, 0.3) is 5.91 Å². The van der Waals surface area contributed by atoms with Crippen molar-refractivity contribution >= 4 is 11.9 Å². The summed E-state index contributed by atoms with van der Waals surface area (Å²) in [6.45, 7) is 7.98. The van der Waals surface area contributed by atoms with Crippen LogP contribution >= 0.6 is 0 Å². The Kier molecular flexibility index (Phi) is 7.65. The second-order valence-corrected chi connectivity index (χ2v) is 7.76. The van der Waals surface area contributed by atoms with E-state index in [9.17, 15) is 9.59 Å². The molecule has 0 radical (unpaired) electrons. The number of ether oxygens (including phenoxy) is 3. The van der Waals surface area contributed by atoms with Crippen molar-refractivity contribution in [2.45, 2.75) is 45.8 Å². The van der Waals surface area contributed by atoms with Crippen LogP contribution in [0.2, 0.25) is 0 Å². The highest BCUT2D eigenvalue weighted by Crippen LogP contribution is 2.24. The van der Waals surface area contributed by atoms with Gasteiger partial charge < -0.3 is 19.5 Å². The molecule has 0 bridgehead atoms. The number of nitrogens with one attached hydrogen (secondary N) is 1. The molecular weight excluding hydrogens is 370 g/mol. The highest BCUT2D eigenvalue weighted by molar-refractivity contribution is 5.83. The Bertz CT molecular complexity index is 807. The molecule has 29 heavy (non-hydrogen) atoms. The second-order valence-electron chi connectivity index (χ2n) is 7.76. The van der Waals surface area contributed by atoms with Crippen molar-refractivity contribution in [2.75, 3.05) is 13.7 Å². The van der Waals surface area contributed by atoms with Crippen molar-refractivity contribution in [1.82, 2.24) is 5.32 Å². The van der Waals surface area contributed by atoms with E-state index in [-0.39, 0.29) is 17.9 Å². The van der Waals surface area contributed by atoms with E-state index in [1.807, 2.05) is 48.5 Å². The first kappa shape index (κ1) is 22.3. The maximum atomic E-state index is 12.1. The van der Waals surface area contributed by atoms with Gasteiger partial charge >= 0.3 is 5.97 Å². The third-order valence-corrected chi connectivity index (χ3v) is 4.38. The Morgan fingerprint density at radius 1 is 0.966 bits per heavy atom. The predicted octanol–water partition coefficient (Wildman–Crippen LogP) is 3.62. The van der Waals surface area contributed by atoms with Gasteiger partial charge in [0.2, 0.25) is 0 Å². The van der Waals surface area contributed by atoms with Crippen molar-refractivity contribution in [3.8, 4) is 11.5 Å². The molecule has 2 aromatic rings. The maximum absolute atomic E-state index is 12.1. The Labute approximate surface area is 172 Å². The van der Waals surface area contributed by atoms with Crippen molar-refractivity contribution in [3.05, 3.63) is 59.7 Å². The van der Waals surface area contributed by atoms with Crippen LogP contribution in [0.1, 0.15) is 38.8 Å². The summed E-state index contributed by atoms with van der Waals surface area (Å²) in [4.78, 5) is 24.1. The lowest BCUT2D eigenvalue weighted by Gasteiger charge is -2.19. The SMILES string of the molecule is COc1ccc(CNC(=O)[C@@H](C)OC(=O)COc2ccc(C(C)(C)C)cc2)cc1. The average molecular weight is 399 g/mol. The number of carbonyl (C=O) groups excluding carboxylic acids is 2. The number of hydrogen-bond acceptors (Lipinski definition) is 5. The Hall–Kier alpha value is -3.02. The Morgan fingerprint density at radius 3 is 2.10 bits per heavy atom. The third kappa shape index (κ3) is 7.14. The van der Waals surface area contributed by atoms with E-state index < -0.39 is 12.1 Å². The molecule has 6 nitrogen and oxygen atoms in total. The lowest BCUT2D eigenvalue weighted by molar-refractivity contribution is -0.156. The summed E-state index contributed by atoms with van der Waals surface area (Å²) in [5.74, 6) is 0.350. The van der Waals surface area contributed by atoms with Crippen LogP contribution < -0.4 is 14.8 Å². The summed E-state index contributed by atoms with van der Waals surface area (Å²) < 4.78 is 15.7. The zero-order valence-corrected chi connectivity index (χ0v) is 17.7. The van der Waals surface area contributed by atoms with Crippen molar-refractivity contribution in [1.29, 1.82) is 0 Å². The van der Waals surface area contributed by atoms with E-state index in [4.69, 9.17) is 14.2 Å². The van der Waals surface area contributed by atoms with Crippen molar-refractivity contribution < 1.29 is 23.8 Å². The molecule has 6 heteroatoms. The van der Waals surface area contributed by atoms with E-state index in [2.05, 4.69) is 26.1 Å². The standard InChI is InChI=1S/C23H29NO5/c1-16(22(26)24-14-17-6-10-19(27-5)11-7-17)29-21(25)15-28-20-12-8-18(9-13-20)23(2,3)4/h6-13,16H,14-15H2,1-5H3,(H,24,26)/t16-/m1/s1. The van der Waals surface area contributed by atoms with Crippen molar-refractivity contribution in [3.63, 3.8) is 0 Å². The van der Waals surface area contributed by atoms with Gasteiger partial charge in [0, 0.05) is 6.54 Å². The number of amides is 1. The molecule has 2 rings (SSSR count). The smallest absolute Gasteiger partial charge is 0.344 e. The van der Waals surface area contributed by atoms with Gasteiger partial charge in [-0.3, -0.25) is 4.79 Å². The number of benzene rings is 2.